The van der Waals surface area contributed by atoms with Crippen LogP contribution in [0.3, 0.4) is 0 Å². The molecule has 0 spiro atoms. The van der Waals surface area contributed by atoms with Gasteiger partial charge in [-0.15, -0.1) is 0 Å². The summed E-state index contributed by atoms with van der Waals surface area (Å²) in [6.07, 6.45) is 0. The molecule has 0 saturated carbocycles. The molecule has 0 unspecified atom stereocenters. The van der Waals surface area contributed by atoms with E-state index in [0.717, 1.165) is 27.2 Å². The molecule has 0 aliphatic carbocycles. The van der Waals surface area contributed by atoms with Gasteiger partial charge in [0.2, 0.25) is 5.91 Å². The largest absolute Gasteiger partial charge is 0.351 e. The van der Waals surface area contributed by atoms with Gasteiger partial charge in [0, 0.05) is 11.9 Å². The summed E-state index contributed by atoms with van der Waals surface area (Å²) in [5, 5.41) is 5.08. The SMILES string of the molecule is Cc1cc2c(C)ccc(C)c2nc1SCC(=O)NCc1ccccc1. The Balaban J connectivity index is 1.67. The molecule has 3 nitrogen and oxygen atoms in total. The summed E-state index contributed by atoms with van der Waals surface area (Å²) >= 11 is 1.50. The number of pyridine rings is 1. The third-order valence-electron chi connectivity index (χ3n) is 4.22. The molecule has 0 fully saturated rings. The van der Waals surface area contributed by atoms with Crippen molar-refractivity contribution in [3.05, 3.63) is 70.8 Å². The Labute approximate surface area is 152 Å². The summed E-state index contributed by atoms with van der Waals surface area (Å²) in [4.78, 5) is 16.9. The van der Waals surface area contributed by atoms with Gasteiger partial charge in [-0.25, -0.2) is 4.98 Å². The third-order valence-corrected chi connectivity index (χ3v) is 5.31. The van der Waals surface area contributed by atoms with Crippen LogP contribution in [0.4, 0.5) is 0 Å². The molecule has 0 saturated heterocycles. The summed E-state index contributed by atoms with van der Waals surface area (Å²) in [6.45, 7) is 6.79. The molecule has 1 N–H and O–H groups in total. The predicted molar refractivity (Wildman–Crippen MR) is 105 cm³/mol. The van der Waals surface area contributed by atoms with Gasteiger partial charge in [0.25, 0.3) is 0 Å². The van der Waals surface area contributed by atoms with Crippen molar-refractivity contribution in [1.82, 2.24) is 10.3 Å². The fourth-order valence-electron chi connectivity index (χ4n) is 2.74. The van der Waals surface area contributed by atoms with Crippen molar-refractivity contribution >= 4 is 28.6 Å². The van der Waals surface area contributed by atoms with Crippen molar-refractivity contribution < 1.29 is 4.79 Å². The maximum Gasteiger partial charge on any atom is 0.230 e. The first-order valence-corrected chi connectivity index (χ1v) is 9.34. The average molecular weight is 350 g/mol. The summed E-state index contributed by atoms with van der Waals surface area (Å²) in [6, 6.07) is 16.3. The smallest absolute Gasteiger partial charge is 0.230 e. The lowest BCUT2D eigenvalue weighted by molar-refractivity contribution is -0.118. The maximum atomic E-state index is 12.1. The molecule has 25 heavy (non-hydrogen) atoms. The zero-order valence-corrected chi connectivity index (χ0v) is 15.6. The number of rotatable bonds is 5. The molecule has 0 bridgehead atoms. The number of fused-ring (bicyclic) bond motifs is 1. The Bertz CT molecular complexity index is 907. The van der Waals surface area contributed by atoms with Gasteiger partial charge in [0.15, 0.2) is 0 Å². The number of carbonyl (C=O) groups is 1. The van der Waals surface area contributed by atoms with Crippen LogP contribution in [0.15, 0.2) is 53.6 Å². The molecule has 1 aromatic heterocycles. The molecular weight excluding hydrogens is 328 g/mol. The van der Waals surface area contributed by atoms with Crippen LogP contribution in [-0.2, 0) is 11.3 Å². The van der Waals surface area contributed by atoms with Crippen LogP contribution < -0.4 is 5.32 Å². The van der Waals surface area contributed by atoms with E-state index in [4.69, 9.17) is 4.98 Å². The molecule has 1 heterocycles. The minimum absolute atomic E-state index is 0.0242. The van der Waals surface area contributed by atoms with Gasteiger partial charge in [0.1, 0.15) is 5.03 Å². The summed E-state index contributed by atoms with van der Waals surface area (Å²) in [7, 11) is 0. The van der Waals surface area contributed by atoms with Gasteiger partial charge >= 0.3 is 0 Å². The number of nitrogens with zero attached hydrogens (tertiary/aromatic N) is 1. The molecule has 0 atom stereocenters. The maximum absolute atomic E-state index is 12.1. The number of hydrogen-bond donors (Lipinski definition) is 1. The number of amides is 1. The second kappa shape index (κ2) is 7.70. The fraction of sp³-hybridized carbons (Fsp3) is 0.238. The molecule has 128 valence electrons. The second-order valence-electron chi connectivity index (χ2n) is 6.26. The Morgan fingerprint density at radius 1 is 1.00 bits per heavy atom. The van der Waals surface area contributed by atoms with Gasteiger partial charge in [-0.3, -0.25) is 4.79 Å². The zero-order valence-electron chi connectivity index (χ0n) is 14.8. The highest BCUT2D eigenvalue weighted by atomic mass is 32.2. The van der Waals surface area contributed by atoms with Crippen molar-refractivity contribution in [2.45, 2.75) is 32.3 Å². The van der Waals surface area contributed by atoms with Crippen molar-refractivity contribution in [1.29, 1.82) is 0 Å². The highest BCUT2D eigenvalue weighted by Gasteiger charge is 2.10. The number of benzene rings is 2. The number of nitrogens with one attached hydrogen (secondary N) is 1. The lowest BCUT2D eigenvalue weighted by Crippen LogP contribution is -2.24. The van der Waals surface area contributed by atoms with E-state index in [1.165, 1.54) is 22.7 Å². The molecule has 0 aliphatic rings. The van der Waals surface area contributed by atoms with E-state index < -0.39 is 0 Å². The number of aryl methyl sites for hydroxylation is 3. The normalized spacial score (nSPS) is 10.8. The van der Waals surface area contributed by atoms with Gasteiger partial charge in [-0.2, -0.15) is 0 Å². The standard InChI is InChI=1S/C21H22N2OS/c1-14-9-10-15(2)20-18(14)11-16(3)21(23-20)25-13-19(24)22-12-17-7-5-4-6-8-17/h4-11H,12-13H2,1-3H3,(H,22,24). The molecule has 2 aromatic carbocycles. The van der Waals surface area contributed by atoms with Crippen molar-refractivity contribution in [3.63, 3.8) is 0 Å². The molecule has 3 aromatic rings. The fourth-order valence-corrected chi connectivity index (χ4v) is 3.56. The number of thioether (sulfide) groups is 1. The van der Waals surface area contributed by atoms with E-state index in [1.54, 1.807) is 0 Å². The lowest BCUT2D eigenvalue weighted by atomic mass is 10.0. The monoisotopic (exact) mass is 350 g/mol. The molecule has 0 aliphatic heterocycles. The van der Waals surface area contributed by atoms with Crippen LogP contribution >= 0.6 is 11.8 Å². The minimum atomic E-state index is 0.0242. The Hall–Kier alpha value is -2.33. The third kappa shape index (κ3) is 4.20. The van der Waals surface area contributed by atoms with Crippen LogP contribution in [0.25, 0.3) is 10.9 Å². The van der Waals surface area contributed by atoms with Gasteiger partial charge in [-0.05, 0) is 49.1 Å². The van der Waals surface area contributed by atoms with E-state index in [1.807, 2.05) is 30.3 Å². The van der Waals surface area contributed by atoms with E-state index in [2.05, 4.69) is 44.3 Å². The van der Waals surface area contributed by atoms with Crippen molar-refractivity contribution in [2.24, 2.45) is 0 Å². The van der Waals surface area contributed by atoms with Crippen molar-refractivity contribution in [3.8, 4) is 0 Å². The van der Waals surface area contributed by atoms with E-state index in [-0.39, 0.29) is 5.91 Å². The van der Waals surface area contributed by atoms with Crippen LogP contribution in [0.2, 0.25) is 0 Å². The number of hydrogen-bond acceptors (Lipinski definition) is 3. The average Bonchev–Trinajstić information content (AvgIpc) is 2.62. The van der Waals surface area contributed by atoms with Crippen LogP contribution in [0, 0.1) is 20.8 Å². The van der Waals surface area contributed by atoms with Gasteiger partial charge in [-0.1, -0.05) is 54.2 Å². The first kappa shape index (κ1) is 17.5. The Kier molecular flexibility index (Phi) is 5.39. The quantitative estimate of drug-likeness (QED) is 0.686. The van der Waals surface area contributed by atoms with Gasteiger partial charge in [0.05, 0.1) is 11.3 Å². The number of carbonyl (C=O) groups excluding carboxylic acids is 1. The van der Waals surface area contributed by atoms with E-state index in [9.17, 15) is 4.79 Å². The summed E-state index contributed by atoms with van der Waals surface area (Å²) < 4.78 is 0. The summed E-state index contributed by atoms with van der Waals surface area (Å²) in [5.41, 5.74) is 5.64. The lowest BCUT2D eigenvalue weighted by Gasteiger charge is -2.11. The molecule has 3 rings (SSSR count). The van der Waals surface area contributed by atoms with E-state index in [0.29, 0.717) is 12.3 Å². The minimum Gasteiger partial charge on any atom is -0.351 e. The first-order chi connectivity index (χ1) is 12.0. The Morgan fingerprint density at radius 3 is 2.48 bits per heavy atom. The first-order valence-electron chi connectivity index (χ1n) is 8.35. The second-order valence-corrected chi connectivity index (χ2v) is 7.22. The topological polar surface area (TPSA) is 42.0 Å². The molecular formula is C21H22N2OS. The Morgan fingerprint density at radius 2 is 1.72 bits per heavy atom. The zero-order chi connectivity index (χ0) is 17.8. The summed E-state index contributed by atoms with van der Waals surface area (Å²) in [5.74, 6) is 0.396. The molecule has 1 amide bonds. The van der Waals surface area contributed by atoms with Crippen LogP contribution in [-0.4, -0.2) is 16.6 Å². The predicted octanol–water partition coefficient (Wildman–Crippen LogP) is 4.57. The molecule has 4 heteroatoms. The van der Waals surface area contributed by atoms with Crippen molar-refractivity contribution in [2.75, 3.05) is 5.75 Å². The highest BCUT2D eigenvalue weighted by molar-refractivity contribution is 7.99. The number of aromatic nitrogens is 1. The molecule has 0 radical (unpaired) electrons. The highest BCUT2D eigenvalue weighted by Crippen LogP contribution is 2.27. The van der Waals surface area contributed by atoms with E-state index >= 15 is 0 Å². The van der Waals surface area contributed by atoms with Crippen LogP contribution in [0.5, 0.6) is 0 Å². The van der Waals surface area contributed by atoms with Crippen LogP contribution in [0.1, 0.15) is 22.3 Å². The van der Waals surface area contributed by atoms with Gasteiger partial charge < -0.3 is 5.32 Å².